The van der Waals surface area contributed by atoms with Crippen molar-refractivity contribution in [1.82, 2.24) is 10.2 Å². The maximum absolute atomic E-state index is 12.0. The number of amides is 2. The molecule has 0 radical (unpaired) electrons. The average Bonchev–Trinajstić information content (AvgIpc) is 2.64. The molecular weight excluding hydrogens is 304 g/mol. The fraction of sp³-hybridized carbons (Fsp3) is 0.474. The van der Waals surface area contributed by atoms with E-state index >= 15 is 0 Å². The van der Waals surface area contributed by atoms with E-state index in [1.54, 1.807) is 0 Å². The summed E-state index contributed by atoms with van der Waals surface area (Å²) in [6.45, 7) is 2.44. The fourth-order valence-corrected chi connectivity index (χ4v) is 2.57. The maximum Gasteiger partial charge on any atom is 0.407 e. The highest BCUT2D eigenvalue weighted by Crippen LogP contribution is 2.07. The molecule has 0 aromatic heterocycles. The molecule has 1 aromatic rings. The van der Waals surface area contributed by atoms with Gasteiger partial charge in [-0.1, -0.05) is 48.9 Å². The van der Waals surface area contributed by atoms with Gasteiger partial charge in [0.1, 0.15) is 6.61 Å². The second kappa shape index (κ2) is 10.5. The van der Waals surface area contributed by atoms with Gasteiger partial charge in [-0.3, -0.25) is 4.79 Å². The van der Waals surface area contributed by atoms with Crippen LogP contribution in [0, 0.1) is 0 Å². The zero-order valence-corrected chi connectivity index (χ0v) is 14.1. The van der Waals surface area contributed by atoms with Gasteiger partial charge in [0.05, 0.1) is 0 Å². The number of benzene rings is 1. The number of hydrogen-bond acceptors (Lipinski definition) is 3. The second-order valence-electron chi connectivity index (χ2n) is 5.90. The predicted molar refractivity (Wildman–Crippen MR) is 93.4 cm³/mol. The Hall–Kier alpha value is -2.30. The SMILES string of the molecule is O=C(NCCCCCC(=O)N1CC=CCC1)OCc1ccccc1. The summed E-state index contributed by atoms with van der Waals surface area (Å²) in [6.07, 6.45) is 7.96. The number of carbonyl (C=O) groups excluding carboxylic acids is 2. The molecule has 1 N–H and O–H groups in total. The van der Waals surface area contributed by atoms with Gasteiger partial charge in [0.15, 0.2) is 0 Å². The third kappa shape index (κ3) is 6.86. The molecule has 24 heavy (non-hydrogen) atoms. The number of nitrogens with zero attached hydrogens (tertiary/aromatic N) is 1. The van der Waals surface area contributed by atoms with E-state index in [1.165, 1.54) is 0 Å². The van der Waals surface area contributed by atoms with Crippen LogP contribution in [-0.2, 0) is 16.1 Å². The molecule has 5 heteroatoms. The first-order chi connectivity index (χ1) is 11.8. The van der Waals surface area contributed by atoms with Crippen molar-refractivity contribution in [3.63, 3.8) is 0 Å². The number of unbranched alkanes of at least 4 members (excludes halogenated alkanes) is 2. The molecular formula is C19H26N2O3. The van der Waals surface area contributed by atoms with Crippen molar-refractivity contribution in [2.45, 2.75) is 38.7 Å². The predicted octanol–water partition coefficient (Wildman–Crippen LogP) is 3.26. The molecule has 1 aliphatic heterocycles. The van der Waals surface area contributed by atoms with Crippen molar-refractivity contribution in [1.29, 1.82) is 0 Å². The Labute approximate surface area is 143 Å². The van der Waals surface area contributed by atoms with E-state index < -0.39 is 6.09 Å². The second-order valence-corrected chi connectivity index (χ2v) is 5.90. The molecule has 0 unspecified atom stereocenters. The highest BCUT2D eigenvalue weighted by molar-refractivity contribution is 5.76. The lowest BCUT2D eigenvalue weighted by Gasteiger charge is -2.23. The van der Waals surface area contributed by atoms with E-state index in [4.69, 9.17) is 4.74 Å². The van der Waals surface area contributed by atoms with E-state index in [-0.39, 0.29) is 12.5 Å². The smallest absolute Gasteiger partial charge is 0.407 e. The molecule has 1 heterocycles. The number of ether oxygens (including phenoxy) is 1. The standard InChI is InChI=1S/C19H26N2O3/c22-18(21-14-8-3-9-15-21)12-6-2-7-13-20-19(23)24-16-17-10-4-1-5-11-17/h1,3-5,8,10-11H,2,6-7,9,12-16H2,(H,20,23). The van der Waals surface area contributed by atoms with E-state index in [0.717, 1.165) is 44.3 Å². The summed E-state index contributed by atoms with van der Waals surface area (Å²) in [5, 5.41) is 2.74. The van der Waals surface area contributed by atoms with Gasteiger partial charge < -0.3 is 15.0 Å². The summed E-state index contributed by atoms with van der Waals surface area (Å²) in [5.41, 5.74) is 0.971. The van der Waals surface area contributed by atoms with Crippen LogP contribution in [0.15, 0.2) is 42.5 Å². The summed E-state index contributed by atoms with van der Waals surface area (Å²) in [7, 11) is 0. The third-order valence-corrected chi connectivity index (χ3v) is 3.96. The highest BCUT2D eigenvalue weighted by Gasteiger charge is 2.12. The van der Waals surface area contributed by atoms with E-state index in [9.17, 15) is 9.59 Å². The molecule has 0 fully saturated rings. The summed E-state index contributed by atoms with van der Waals surface area (Å²) in [6, 6.07) is 9.59. The minimum Gasteiger partial charge on any atom is -0.445 e. The fourth-order valence-electron chi connectivity index (χ4n) is 2.57. The van der Waals surface area contributed by atoms with Gasteiger partial charge in [0, 0.05) is 26.1 Å². The molecule has 0 saturated heterocycles. The van der Waals surface area contributed by atoms with Crippen LogP contribution >= 0.6 is 0 Å². The van der Waals surface area contributed by atoms with E-state index in [1.807, 2.05) is 41.3 Å². The first-order valence-corrected chi connectivity index (χ1v) is 8.63. The third-order valence-electron chi connectivity index (χ3n) is 3.96. The van der Waals surface area contributed by atoms with Gasteiger partial charge in [-0.05, 0) is 24.8 Å². The lowest BCUT2D eigenvalue weighted by Crippen LogP contribution is -2.33. The first kappa shape index (κ1) is 18.0. The van der Waals surface area contributed by atoms with Crippen LogP contribution in [0.3, 0.4) is 0 Å². The zero-order chi connectivity index (χ0) is 17.0. The molecule has 5 nitrogen and oxygen atoms in total. The Morgan fingerprint density at radius 3 is 2.67 bits per heavy atom. The zero-order valence-electron chi connectivity index (χ0n) is 14.1. The Morgan fingerprint density at radius 1 is 1.08 bits per heavy atom. The van der Waals surface area contributed by atoms with Gasteiger partial charge in [-0.2, -0.15) is 0 Å². The van der Waals surface area contributed by atoms with Crippen LogP contribution in [0.1, 0.15) is 37.7 Å². The van der Waals surface area contributed by atoms with Crippen LogP contribution in [0.4, 0.5) is 4.79 Å². The molecule has 0 bridgehead atoms. The van der Waals surface area contributed by atoms with Gasteiger partial charge in [-0.15, -0.1) is 0 Å². The summed E-state index contributed by atoms with van der Waals surface area (Å²) in [5.74, 6) is 0.231. The lowest BCUT2D eigenvalue weighted by molar-refractivity contribution is -0.130. The monoisotopic (exact) mass is 330 g/mol. The molecule has 0 saturated carbocycles. The molecule has 0 aliphatic carbocycles. The van der Waals surface area contributed by atoms with Crippen LogP contribution in [0.2, 0.25) is 0 Å². The minimum atomic E-state index is -0.393. The Bertz CT molecular complexity index is 543. The Kier molecular flexibility index (Phi) is 7.87. The largest absolute Gasteiger partial charge is 0.445 e. The van der Waals surface area contributed by atoms with Crippen molar-refractivity contribution in [2.24, 2.45) is 0 Å². The number of hydrogen-bond donors (Lipinski definition) is 1. The number of rotatable bonds is 8. The van der Waals surface area contributed by atoms with Crippen LogP contribution in [0.25, 0.3) is 0 Å². The van der Waals surface area contributed by atoms with Gasteiger partial charge in [0.2, 0.25) is 5.91 Å². The van der Waals surface area contributed by atoms with Crippen molar-refractivity contribution in [3.8, 4) is 0 Å². The first-order valence-electron chi connectivity index (χ1n) is 8.63. The minimum absolute atomic E-state index is 0.231. The molecule has 2 rings (SSSR count). The normalized spacial score (nSPS) is 13.6. The van der Waals surface area contributed by atoms with Crippen LogP contribution in [0.5, 0.6) is 0 Å². The molecule has 1 aromatic carbocycles. The van der Waals surface area contributed by atoms with Crippen molar-refractivity contribution >= 4 is 12.0 Å². The van der Waals surface area contributed by atoms with Gasteiger partial charge in [0.25, 0.3) is 0 Å². The van der Waals surface area contributed by atoms with E-state index in [0.29, 0.717) is 13.0 Å². The molecule has 0 spiro atoms. The molecule has 0 atom stereocenters. The number of nitrogens with one attached hydrogen (secondary N) is 1. The summed E-state index contributed by atoms with van der Waals surface area (Å²) >= 11 is 0. The number of alkyl carbamates (subject to hydrolysis) is 1. The van der Waals surface area contributed by atoms with Gasteiger partial charge >= 0.3 is 6.09 Å². The molecule has 130 valence electrons. The van der Waals surface area contributed by atoms with Crippen molar-refractivity contribution in [3.05, 3.63) is 48.0 Å². The van der Waals surface area contributed by atoms with Crippen molar-refractivity contribution in [2.75, 3.05) is 19.6 Å². The van der Waals surface area contributed by atoms with Crippen molar-refractivity contribution < 1.29 is 14.3 Å². The quantitative estimate of drug-likeness (QED) is 0.588. The van der Waals surface area contributed by atoms with Gasteiger partial charge in [-0.25, -0.2) is 4.79 Å². The maximum atomic E-state index is 12.0. The highest BCUT2D eigenvalue weighted by atomic mass is 16.5. The molecule has 2 amide bonds. The van der Waals surface area contributed by atoms with Crippen LogP contribution < -0.4 is 5.32 Å². The lowest BCUT2D eigenvalue weighted by atomic mass is 10.1. The topological polar surface area (TPSA) is 58.6 Å². The Balaban J connectivity index is 1.46. The van der Waals surface area contributed by atoms with Crippen LogP contribution in [-0.4, -0.2) is 36.5 Å². The summed E-state index contributed by atoms with van der Waals surface area (Å²) < 4.78 is 5.13. The summed E-state index contributed by atoms with van der Waals surface area (Å²) in [4.78, 5) is 25.4. The Morgan fingerprint density at radius 2 is 1.92 bits per heavy atom. The number of carbonyl (C=O) groups is 2. The molecule has 1 aliphatic rings. The van der Waals surface area contributed by atoms with E-state index in [2.05, 4.69) is 11.4 Å². The average molecular weight is 330 g/mol.